The first-order valence-corrected chi connectivity index (χ1v) is 8.66. The van der Waals surface area contributed by atoms with Crippen LogP contribution in [-0.2, 0) is 10.0 Å². The van der Waals surface area contributed by atoms with Crippen LogP contribution in [0.3, 0.4) is 0 Å². The Kier molecular flexibility index (Phi) is 5.86. The lowest BCUT2D eigenvalue weighted by molar-refractivity contribution is 0.435. The number of rotatable bonds is 6. The van der Waals surface area contributed by atoms with Crippen molar-refractivity contribution in [2.45, 2.75) is 31.1 Å². The van der Waals surface area contributed by atoms with Crippen LogP contribution in [0.2, 0.25) is 0 Å². The summed E-state index contributed by atoms with van der Waals surface area (Å²) in [5.41, 5.74) is -0.708. The number of hydrogen-bond acceptors (Lipinski definition) is 4. The molecule has 0 aromatic carbocycles. The molecule has 0 radical (unpaired) electrons. The van der Waals surface area contributed by atoms with Gasteiger partial charge in [0.25, 0.3) is 0 Å². The van der Waals surface area contributed by atoms with Gasteiger partial charge >= 0.3 is 9.57 Å². The lowest BCUT2D eigenvalue weighted by Gasteiger charge is -2.31. The van der Waals surface area contributed by atoms with Crippen molar-refractivity contribution in [2.24, 2.45) is 0 Å². The third-order valence-electron chi connectivity index (χ3n) is 2.70. The topological polar surface area (TPSA) is 65.8 Å². The van der Waals surface area contributed by atoms with Gasteiger partial charge in [-0.1, -0.05) is 0 Å². The van der Waals surface area contributed by atoms with Gasteiger partial charge in [0.1, 0.15) is 16.1 Å². The molecule has 0 spiro atoms. The van der Waals surface area contributed by atoms with Gasteiger partial charge < -0.3 is 9.44 Å². The number of nitrogens with one attached hydrogen (secondary N) is 1. The first-order valence-electron chi connectivity index (χ1n) is 5.83. The molecule has 0 unspecified atom stereocenters. The Morgan fingerprint density at radius 3 is 2.75 bits per heavy atom. The molecule has 1 atom stereocenters. The minimum atomic E-state index is -1.27. The van der Waals surface area contributed by atoms with Gasteiger partial charge in [-0.05, 0) is 48.8 Å². The third-order valence-corrected chi connectivity index (χ3v) is 5.43. The van der Waals surface area contributed by atoms with E-state index in [1.807, 2.05) is 0 Å². The summed E-state index contributed by atoms with van der Waals surface area (Å²) in [6.45, 7) is 5.30. The number of hydrogen-bond donors (Lipinski definition) is 1. The van der Waals surface area contributed by atoms with Gasteiger partial charge in [0.2, 0.25) is 0 Å². The Balaban J connectivity index is 3.11. The first kappa shape index (κ1) is 17.3. The van der Waals surface area contributed by atoms with E-state index in [-0.39, 0.29) is 5.69 Å². The van der Waals surface area contributed by atoms with Crippen LogP contribution < -0.4 is 4.98 Å². The van der Waals surface area contributed by atoms with Gasteiger partial charge in [-0.2, -0.15) is 5.26 Å². The van der Waals surface area contributed by atoms with Crippen molar-refractivity contribution in [3.05, 3.63) is 28.2 Å². The zero-order valence-corrected chi connectivity index (χ0v) is 15.0. The van der Waals surface area contributed by atoms with Crippen molar-refractivity contribution >= 4 is 37.3 Å². The Morgan fingerprint density at radius 1 is 1.55 bits per heavy atom. The van der Waals surface area contributed by atoms with Crippen molar-refractivity contribution < 1.29 is 8.85 Å². The summed E-state index contributed by atoms with van der Waals surface area (Å²) in [6.07, 6.45) is 0. The average molecular weight is 376 g/mol. The number of aromatic nitrogens is 1. The zero-order chi connectivity index (χ0) is 15.4. The van der Waals surface area contributed by atoms with E-state index >= 15 is 0 Å². The van der Waals surface area contributed by atoms with E-state index in [0.29, 0.717) is 10.4 Å². The quantitative estimate of drug-likeness (QED) is 0.611. The molecule has 0 aliphatic rings. The van der Waals surface area contributed by atoms with Gasteiger partial charge in [0, 0.05) is 5.75 Å². The SMILES string of the molecule is CC(C)(C#N)SC[C@](C)(N[SiH]=O)c1nc(Br)ccc1F. The van der Waals surface area contributed by atoms with Crippen LogP contribution in [0.15, 0.2) is 16.7 Å². The highest BCUT2D eigenvalue weighted by Crippen LogP contribution is 2.32. The highest BCUT2D eigenvalue weighted by Gasteiger charge is 2.33. The molecule has 4 nitrogen and oxygen atoms in total. The smallest absolute Gasteiger partial charge is 0.377 e. The van der Waals surface area contributed by atoms with Crippen molar-refractivity contribution in [3.63, 3.8) is 0 Å². The molecule has 1 aromatic rings. The van der Waals surface area contributed by atoms with E-state index in [1.54, 1.807) is 20.8 Å². The summed E-state index contributed by atoms with van der Waals surface area (Å²) in [4.78, 5) is 6.96. The van der Waals surface area contributed by atoms with Crippen LogP contribution in [0.5, 0.6) is 0 Å². The van der Waals surface area contributed by atoms with E-state index in [2.05, 4.69) is 32.0 Å². The predicted octanol–water partition coefficient (Wildman–Crippen LogP) is 2.52. The van der Waals surface area contributed by atoms with Crippen LogP contribution >= 0.6 is 27.7 Å². The maximum atomic E-state index is 14.0. The first-order chi connectivity index (χ1) is 9.24. The van der Waals surface area contributed by atoms with Crippen LogP contribution in [0.25, 0.3) is 0 Å². The normalized spacial score (nSPS) is 14.2. The molecule has 1 rings (SSSR count). The van der Waals surface area contributed by atoms with Gasteiger partial charge in [0.05, 0.1) is 16.4 Å². The molecule has 1 heterocycles. The lowest BCUT2D eigenvalue weighted by Crippen LogP contribution is -2.44. The Bertz CT molecular complexity index is 552. The maximum absolute atomic E-state index is 14.0. The van der Waals surface area contributed by atoms with Crippen LogP contribution in [0, 0.1) is 17.1 Å². The second-order valence-corrected chi connectivity index (χ2v) is 7.90. The third kappa shape index (κ3) is 4.36. The summed E-state index contributed by atoms with van der Waals surface area (Å²) >= 11 is 4.57. The van der Waals surface area contributed by atoms with Crippen LogP contribution in [0.1, 0.15) is 26.5 Å². The van der Waals surface area contributed by atoms with E-state index in [4.69, 9.17) is 5.26 Å². The summed E-state index contributed by atoms with van der Waals surface area (Å²) in [6, 6.07) is 5.00. The predicted molar refractivity (Wildman–Crippen MR) is 82.4 cm³/mol. The van der Waals surface area contributed by atoms with E-state index in [0.717, 1.165) is 0 Å². The molecule has 0 aliphatic heterocycles. The van der Waals surface area contributed by atoms with E-state index < -0.39 is 25.7 Å². The summed E-state index contributed by atoms with van der Waals surface area (Å²) in [5, 5.41) is 9.05. The van der Waals surface area contributed by atoms with Crippen molar-refractivity contribution in [2.75, 3.05) is 5.75 Å². The molecule has 0 saturated carbocycles. The minimum absolute atomic E-state index is 0.191. The monoisotopic (exact) mass is 375 g/mol. The summed E-state index contributed by atoms with van der Waals surface area (Å²) in [5.74, 6) is -0.0881. The molecule has 0 amide bonds. The van der Waals surface area contributed by atoms with Gasteiger partial charge in [0.15, 0.2) is 0 Å². The Morgan fingerprint density at radius 2 is 2.20 bits per heavy atom. The van der Waals surface area contributed by atoms with Crippen molar-refractivity contribution in [3.8, 4) is 6.07 Å². The Labute approximate surface area is 132 Å². The molecule has 8 heteroatoms. The second kappa shape index (κ2) is 6.78. The summed E-state index contributed by atoms with van der Waals surface area (Å²) < 4.78 is 24.9. The molecule has 0 saturated heterocycles. The number of nitrogens with zero attached hydrogens (tertiary/aromatic N) is 2. The van der Waals surface area contributed by atoms with Crippen molar-refractivity contribution in [1.82, 2.24) is 9.97 Å². The molecule has 1 N–H and O–H groups in total. The number of nitriles is 1. The van der Waals surface area contributed by atoms with Crippen LogP contribution in [-0.4, -0.2) is 25.1 Å². The fourth-order valence-corrected chi connectivity index (χ4v) is 3.36. The molecule has 108 valence electrons. The second-order valence-electron chi connectivity index (χ2n) is 4.97. The minimum Gasteiger partial charge on any atom is -0.381 e. The van der Waals surface area contributed by atoms with Crippen LogP contribution in [0.4, 0.5) is 4.39 Å². The maximum Gasteiger partial charge on any atom is 0.377 e. The molecule has 1 aromatic heterocycles. The van der Waals surface area contributed by atoms with E-state index in [9.17, 15) is 8.85 Å². The zero-order valence-electron chi connectivity index (χ0n) is 11.4. The molecule has 20 heavy (non-hydrogen) atoms. The number of pyridine rings is 1. The van der Waals surface area contributed by atoms with E-state index in [1.165, 1.54) is 23.9 Å². The molecule has 0 aliphatic carbocycles. The molecule has 0 fully saturated rings. The average Bonchev–Trinajstić information content (AvgIpc) is 2.40. The fourth-order valence-electron chi connectivity index (χ4n) is 1.47. The van der Waals surface area contributed by atoms with Gasteiger partial charge in [-0.3, -0.25) is 0 Å². The van der Waals surface area contributed by atoms with Gasteiger partial charge in [-0.15, -0.1) is 11.8 Å². The Hall–Kier alpha value is -0.783. The molecule has 0 bridgehead atoms. The summed E-state index contributed by atoms with van der Waals surface area (Å²) in [7, 11) is -1.27. The lowest BCUT2D eigenvalue weighted by atomic mass is 10.0. The number of thioether (sulfide) groups is 1. The van der Waals surface area contributed by atoms with Crippen molar-refractivity contribution in [1.29, 1.82) is 5.26 Å². The largest absolute Gasteiger partial charge is 0.381 e. The molecular weight excluding hydrogens is 361 g/mol. The molecular formula is C12H15BrFN3OSSi. The fraction of sp³-hybridized carbons (Fsp3) is 0.500. The number of halogens is 2. The highest BCUT2D eigenvalue weighted by atomic mass is 79.9. The van der Waals surface area contributed by atoms with Gasteiger partial charge in [-0.25, -0.2) is 9.37 Å². The standard InChI is InChI=1S/C12H15BrFN3OSSi/c1-11(2,6-15)19-7-12(3,17-20-18)10-8(14)4-5-9(13)16-10/h4-5,17,20H,7H2,1-3H3/t12-/m0/s1. The highest BCUT2D eigenvalue weighted by molar-refractivity contribution is 9.10.